The molecule has 5 N–H and O–H groups in total. The molecule has 0 fully saturated rings. The molecule has 130 valence electrons. The Balaban J connectivity index is 2.42. The van der Waals surface area contributed by atoms with Crippen molar-refractivity contribution >= 4 is 15.7 Å². The maximum Gasteiger partial charge on any atom is 0.240 e. The van der Waals surface area contributed by atoms with Gasteiger partial charge in [-0.15, -0.1) is 0 Å². The van der Waals surface area contributed by atoms with Crippen LogP contribution in [0, 0.1) is 17.5 Å². The van der Waals surface area contributed by atoms with E-state index in [0.29, 0.717) is 12.0 Å². The third kappa shape index (κ3) is 3.86. The zero-order valence-corrected chi connectivity index (χ0v) is 13.5. The smallest absolute Gasteiger partial charge is 0.240 e. The Morgan fingerprint density at radius 1 is 1.12 bits per heavy atom. The summed E-state index contributed by atoms with van der Waals surface area (Å²) in [5.74, 6) is -2.46. The van der Waals surface area contributed by atoms with E-state index < -0.39 is 38.5 Å². The van der Waals surface area contributed by atoms with Gasteiger partial charge in [0.2, 0.25) is 10.0 Å². The highest BCUT2D eigenvalue weighted by Crippen LogP contribution is 2.27. The van der Waals surface area contributed by atoms with Gasteiger partial charge in [0.1, 0.15) is 28.5 Å². The van der Waals surface area contributed by atoms with Crippen molar-refractivity contribution in [2.24, 2.45) is 10.9 Å². The van der Waals surface area contributed by atoms with Crippen LogP contribution >= 0.6 is 0 Å². The lowest BCUT2D eigenvalue weighted by Crippen LogP contribution is -2.23. The molecule has 0 aliphatic carbocycles. The van der Waals surface area contributed by atoms with Gasteiger partial charge < -0.3 is 11.1 Å². The predicted molar refractivity (Wildman–Crippen MR) is 84.1 cm³/mol. The molecule has 0 aliphatic heterocycles. The molecule has 0 aliphatic rings. The van der Waals surface area contributed by atoms with Crippen molar-refractivity contribution in [2.45, 2.75) is 24.4 Å². The van der Waals surface area contributed by atoms with Crippen LogP contribution in [0.3, 0.4) is 0 Å². The van der Waals surface area contributed by atoms with Crippen LogP contribution in [0.15, 0.2) is 35.2 Å². The number of hydrogen-bond acceptors (Lipinski definition) is 4. The molecule has 2 aromatic carbocycles. The van der Waals surface area contributed by atoms with Gasteiger partial charge >= 0.3 is 0 Å². The van der Waals surface area contributed by atoms with Gasteiger partial charge in [-0.05, 0) is 42.3 Å². The van der Waals surface area contributed by atoms with Crippen molar-refractivity contribution < 1.29 is 21.6 Å². The lowest BCUT2D eigenvalue weighted by atomic mass is 10.1. The summed E-state index contributed by atoms with van der Waals surface area (Å²) in [5, 5.41) is 7.62. The summed E-state index contributed by atoms with van der Waals surface area (Å²) in [6.07, 6.45) is -0.825. The normalized spacial score (nSPS) is 12.9. The molecule has 0 spiro atoms. The summed E-state index contributed by atoms with van der Waals surface area (Å²) in [6.45, 7) is 1.71. The molecule has 2 rings (SSSR count). The average molecular weight is 359 g/mol. The van der Waals surface area contributed by atoms with Crippen LogP contribution in [-0.4, -0.2) is 8.42 Å². The summed E-state index contributed by atoms with van der Waals surface area (Å²) in [6, 6.07) is 4.80. The molecule has 0 amide bonds. The molecule has 0 aromatic heterocycles. The van der Waals surface area contributed by atoms with Gasteiger partial charge in [0.25, 0.3) is 0 Å². The van der Waals surface area contributed by atoms with Crippen LogP contribution in [0.1, 0.15) is 24.2 Å². The molecule has 9 heteroatoms. The average Bonchev–Trinajstić information content (AvgIpc) is 2.48. The van der Waals surface area contributed by atoms with E-state index in [-0.39, 0.29) is 11.3 Å². The van der Waals surface area contributed by atoms with Crippen LogP contribution in [0.5, 0.6) is 0 Å². The predicted octanol–water partition coefficient (Wildman–Crippen LogP) is 2.38. The second kappa shape index (κ2) is 6.80. The van der Waals surface area contributed by atoms with Gasteiger partial charge in [0.15, 0.2) is 0 Å². The van der Waals surface area contributed by atoms with E-state index in [2.05, 4.69) is 5.32 Å². The monoisotopic (exact) mass is 359 g/mol. The van der Waals surface area contributed by atoms with Crippen molar-refractivity contribution in [3.63, 3.8) is 0 Å². The summed E-state index contributed by atoms with van der Waals surface area (Å²) in [4.78, 5) is -0.643. The molecule has 0 radical (unpaired) electrons. The molecule has 0 bridgehead atoms. The van der Waals surface area contributed by atoms with Crippen LogP contribution in [0.4, 0.5) is 18.9 Å². The maximum absolute atomic E-state index is 14.0. The molecule has 0 unspecified atom stereocenters. The summed E-state index contributed by atoms with van der Waals surface area (Å²) >= 11 is 0. The van der Waals surface area contributed by atoms with Crippen molar-refractivity contribution in [3.8, 4) is 0 Å². The number of halogens is 3. The highest BCUT2D eigenvalue weighted by molar-refractivity contribution is 7.89. The van der Waals surface area contributed by atoms with Crippen molar-refractivity contribution in [2.75, 3.05) is 5.32 Å². The minimum atomic E-state index is -4.22. The fraction of sp³-hybridized carbons (Fsp3) is 0.200. The standard InChI is InChI=1S/C15H16F3N3O2S/c1-2-8-5-14(24(20,22)23)12(18)7-13(8)21-15(19)10-6-9(16)3-4-11(10)17/h3-7,15,21H,2,19H2,1H3,(H2,20,22,23)/t15-/m1/s1. The molecule has 0 saturated heterocycles. The number of aryl methyl sites for hydroxylation is 1. The molecule has 0 saturated carbocycles. The second-order valence-corrected chi connectivity index (χ2v) is 6.66. The lowest BCUT2D eigenvalue weighted by molar-refractivity contribution is 0.566. The number of anilines is 1. The van der Waals surface area contributed by atoms with Crippen molar-refractivity contribution in [3.05, 3.63) is 58.9 Å². The van der Waals surface area contributed by atoms with Crippen LogP contribution < -0.4 is 16.2 Å². The minimum Gasteiger partial charge on any atom is -0.366 e. The Morgan fingerprint density at radius 3 is 2.38 bits per heavy atom. The molecule has 1 atom stereocenters. The van der Waals surface area contributed by atoms with Gasteiger partial charge in [-0.1, -0.05) is 6.92 Å². The number of nitrogens with two attached hydrogens (primary N) is 2. The van der Waals surface area contributed by atoms with E-state index in [1.54, 1.807) is 6.92 Å². The number of nitrogens with one attached hydrogen (secondary N) is 1. The fourth-order valence-corrected chi connectivity index (χ4v) is 2.88. The Hall–Kier alpha value is -2.10. The largest absolute Gasteiger partial charge is 0.366 e. The maximum atomic E-state index is 14.0. The van der Waals surface area contributed by atoms with E-state index in [4.69, 9.17) is 10.9 Å². The number of rotatable bonds is 5. The first kappa shape index (κ1) is 18.2. The molecule has 5 nitrogen and oxygen atoms in total. The number of primary sulfonamides is 1. The lowest BCUT2D eigenvalue weighted by Gasteiger charge is -2.19. The summed E-state index contributed by atoms with van der Waals surface area (Å²) in [5.41, 5.74) is 6.24. The van der Waals surface area contributed by atoms with Gasteiger partial charge in [0, 0.05) is 11.3 Å². The molecular formula is C15H16F3N3O2S. The highest BCUT2D eigenvalue weighted by atomic mass is 32.2. The third-order valence-electron chi connectivity index (χ3n) is 3.45. The molecular weight excluding hydrogens is 343 g/mol. The van der Waals surface area contributed by atoms with Gasteiger partial charge in [-0.2, -0.15) is 0 Å². The number of benzene rings is 2. The van der Waals surface area contributed by atoms with E-state index in [0.717, 1.165) is 30.3 Å². The zero-order chi connectivity index (χ0) is 18.1. The molecule has 24 heavy (non-hydrogen) atoms. The SMILES string of the molecule is CCc1cc(S(N)(=O)=O)c(F)cc1N[C@@H](N)c1cc(F)ccc1F. The second-order valence-electron chi connectivity index (χ2n) is 5.13. The summed E-state index contributed by atoms with van der Waals surface area (Å²) in [7, 11) is -4.22. The Morgan fingerprint density at radius 2 is 1.79 bits per heavy atom. The first-order chi connectivity index (χ1) is 11.1. The zero-order valence-electron chi connectivity index (χ0n) is 12.7. The van der Waals surface area contributed by atoms with E-state index in [1.807, 2.05) is 0 Å². The Labute approximate surface area is 137 Å². The minimum absolute atomic E-state index is 0.145. The topological polar surface area (TPSA) is 98.2 Å². The van der Waals surface area contributed by atoms with Crippen molar-refractivity contribution in [1.82, 2.24) is 0 Å². The summed E-state index contributed by atoms with van der Waals surface area (Å²) < 4.78 is 63.7. The first-order valence-electron chi connectivity index (χ1n) is 6.95. The Bertz CT molecular complexity index is 873. The van der Waals surface area contributed by atoms with Crippen molar-refractivity contribution in [1.29, 1.82) is 0 Å². The Kier molecular flexibility index (Phi) is 5.16. The van der Waals surface area contributed by atoms with Crippen LogP contribution in [0.25, 0.3) is 0 Å². The van der Waals surface area contributed by atoms with E-state index in [9.17, 15) is 21.6 Å². The van der Waals surface area contributed by atoms with Crippen LogP contribution in [-0.2, 0) is 16.4 Å². The van der Waals surface area contributed by atoms with Crippen LogP contribution in [0.2, 0.25) is 0 Å². The number of hydrogen-bond donors (Lipinski definition) is 3. The van der Waals surface area contributed by atoms with E-state index in [1.165, 1.54) is 0 Å². The fourth-order valence-electron chi connectivity index (χ4n) is 2.24. The number of sulfonamides is 1. The third-order valence-corrected chi connectivity index (χ3v) is 4.38. The van der Waals surface area contributed by atoms with E-state index >= 15 is 0 Å². The van der Waals surface area contributed by atoms with Gasteiger partial charge in [-0.3, -0.25) is 0 Å². The van der Waals surface area contributed by atoms with Gasteiger partial charge in [-0.25, -0.2) is 26.7 Å². The van der Waals surface area contributed by atoms with Gasteiger partial charge in [0.05, 0.1) is 0 Å². The molecule has 0 heterocycles. The quantitative estimate of drug-likeness (QED) is 0.714. The first-order valence-corrected chi connectivity index (χ1v) is 8.50. The highest BCUT2D eigenvalue weighted by Gasteiger charge is 2.19. The molecule has 2 aromatic rings.